The third kappa shape index (κ3) is 4.80. The first-order valence-electron chi connectivity index (χ1n) is 9.79. The zero-order valence-corrected chi connectivity index (χ0v) is 16.4. The molecular weight excluding hydrogens is 332 g/mol. The van der Waals surface area contributed by atoms with Gasteiger partial charge < -0.3 is 15.5 Å². The lowest BCUT2D eigenvalue weighted by atomic mass is 10.00. The second-order valence-electron chi connectivity index (χ2n) is 7.93. The fourth-order valence-corrected chi connectivity index (χ4v) is 4.85. The number of likely N-dealkylation sites (tertiary alicyclic amines) is 2. The van der Waals surface area contributed by atoms with E-state index in [1.54, 1.807) is 0 Å². The molecule has 0 spiro atoms. The van der Waals surface area contributed by atoms with Crippen LogP contribution >= 0.6 is 11.3 Å². The molecule has 140 valence electrons. The van der Waals surface area contributed by atoms with E-state index in [1.807, 2.05) is 10.3 Å². The number of carbonyl (C=O) groups is 1. The largest absolute Gasteiger partial charge is 0.337 e. The number of carbonyl (C=O) groups excluding carboxylic acids is 1. The molecule has 5 nitrogen and oxygen atoms in total. The van der Waals surface area contributed by atoms with Gasteiger partial charge in [-0.1, -0.05) is 20.3 Å². The van der Waals surface area contributed by atoms with Gasteiger partial charge in [-0.25, -0.2) is 4.98 Å². The quantitative estimate of drug-likeness (QED) is 0.871. The van der Waals surface area contributed by atoms with Crippen molar-refractivity contribution in [3.63, 3.8) is 0 Å². The van der Waals surface area contributed by atoms with Crippen LogP contribution in [0, 0.1) is 5.92 Å². The average Bonchev–Trinajstić information content (AvgIpc) is 3.12. The lowest BCUT2D eigenvalue weighted by Crippen LogP contribution is -2.48. The maximum atomic E-state index is 12.8. The Balaban J connectivity index is 1.53. The Labute approximate surface area is 155 Å². The average molecular weight is 365 g/mol. The van der Waals surface area contributed by atoms with Crippen molar-refractivity contribution in [3.8, 4) is 0 Å². The molecule has 1 aromatic rings. The first-order chi connectivity index (χ1) is 12.0. The highest BCUT2D eigenvalue weighted by Crippen LogP contribution is 2.25. The van der Waals surface area contributed by atoms with Gasteiger partial charge in [0.1, 0.15) is 10.7 Å². The van der Waals surface area contributed by atoms with E-state index in [0.29, 0.717) is 17.7 Å². The van der Waals surface area contributed by atoms with Gasteiger partial charge in [-0.3, -0.25) is 4.79 Å². The first-order valence-corrected chi connectivity index (χ1v) is 10.7. The summed E-state index contributed by atoms with van der Waals surface area (Å²) in [5, 5.41) is 2.77. The maximum Gasteiger partial charge on any atom is 0.273 e. The Hall–Kier alpha value is -0.980. The molecule has 1 amide bonds. The third-order valence-electron chi connectivity index (χ3n) is 5.44. The molecule has 0 bridgehead atoms. The molecule has 2 saturated heterocycles. The molecule has 0 radical (unpaired) electrons. The van der Waals surface area contributed by atoms with E-state index < -0.39 is 0 Å². The molecule has 1 atom stereocenters. The monoisotopic (exact) mass is 364 g/mol. The van der Waals surface area contributed by atoms with Crippen molar-refractivity contribution in [2.45, 2.75) is 64.5 Å². The molecule has 1 aromatic heterocycles. The van der Waals surface area contributed by atoms with Gasteiger partial charge in [0.2, 0.25) is 0 Å². The van der Waals surface area contributed by atoms with Crippen LogP contribution in [-0.2, 0) is 0 Å². The number of hydrogen-bond acceptors (Lipinski definition) is 5. The minimum Gasteiger partial charge on any atom is -0.337 e. The summed E-state index contributed by atoms with van der Waals surface area (Å²) in [5.41, 5.74) is 6.79. The predicted molar refractivity (Wildman–Crippen MR) is 103 cm³/mol. The normalized spacial score (nSPS) is 21.7. The Bertz CT molecular complexity index is 560. The van der Waals surface area contributed by atoms with Crippen LogP contribution in [0.2, 0.25) is 0 Å². The third-order valence-corrected chi connectivity index (χ3v) is 6.42. The Morgan fingerprint density at radius 3 is 2.56 bits per heavy atom. The van der Waals surface area contributed by atoms with E-state index in [2.05, 4.69) is 23.7 Å². The highest BCUT2D eigenvalue weighted by atomic mass is 32.1. The number of nitrogens with two attached hydrogens (primary N) is 1. The van der Waals surface area contributed by atoms with Crippen LogP contribution in [0.5, 0.6) is 0 Å². The Kier molecular flexibility index (Phi) is 6.47. The maximum absolute atomic E-state index is 12.8. The number of rotatable bonds is 5. The fourth-order valence-electron chi connectivity index (χ4n) is 4.04. The van der Waals surface area contributed by atoms with Gasteiger partial charge in [0.25, 0.3) is 5.91 Å². The van der Waals surface area contributed by atoms with Crippen LogP contribution in [-0.4, -0.2) is 52.9 Å². The van der Waals surface area contributed by atoms with Crippen molar-refractivity contribution in [1.82, 2.24) is 14.8 Å². The summed E-state index contributed by atoms with van der Waals surface area (Å²) in [6.45, 7) is 8.50. The second-order valence-corrected chi connectivity index (χ2v) is 8.82. The SMILES string of the molecule is CC(C)CC(N)c1nc(C(=O)N2CCC(N3CCCCC3)CC2)cs1. The van der Waals surface area contributed by atoms with E-state index in [4.69, 9.17) is 5.73 Å². The summed E-state index contributed by atoms with van der Waals surface area (Å²) >= 11 is 1.52. The van der Waals surface area contributed by atoms with Crippen molar-refractivity contribution in [2.24, 2.45) is 11.7 Å². The minimum atomic E-state index is -0.0589. The fraction of sp³-hybridized carbons (Fsp3) is 0.789. The summed E-state index contributed by atoms with van der Waals surface area (Å²) in [5.74, 6) is 0.614. The van der Waals surface area contributed by atoms with Gasteiger partial charge in [-0.05, 0) is 51.1 Å². The molecule has 25 heavy (non-hydrogen) atoms. The molecule has 2 N–H and O–H groups in total. The van der Waals surface area contributed by atoms with Crippen LogP contribution in [0.3, 0.4) is 0 Å². The molecule has 0 aromatic carbocycles. The summed E-state index contributed by atoms with van der Waals surface area (Å²) in [6, 6.07) is 0.603. The van der Waals surface area contributed by atoms with Crippen LogP contribution < -0.4 is 5.73 Å². The molecule has 2 fully saturated rings. The highest BCUT2D eigenvalue weighted by molar-refractivity contribution is 7.09. The number of piperidine rings is 2. The number of amides is 1. The zero-order valence-electron chi connectivity index (χ0n) is 15.6. The zero-order chi connectivity index (χ0) is 17.8. The van der Waals surface area contributed by atoms with E-state index in [-0.39, 0.29) is 11.9 Å². The van der Waals surface area contributed by atoms with Gasteiger partial charge in [0.15, 0.2) is 0 Å². The molecule has 6 heteroatoms. The second kappa shape index (κ2) is 8.60. The summed E-state index contributed by atoms with van der Waals surface area (Å²) < 4.78 is 0. The van der Waals surface area contributed by atoms with Gasteiger partial charge in [-0.15, -0.1) is 11.3 Å². The molecule has 1 unspecified atom stereocenters. The lowest BCUT2D eigenvalue weighted by Gasteiger charge is -2.40. The van der Waals surface area contributed by atoms with Crippen LogP contribution in [0.25, 0.3) is 0 Å². The molecule has 3 heterocycles. The molecular formula is C19H32N4OS. The number of aromatic nitrogens is 1. The van der Waals surface area contributed by atoms with Crippen LogP contribution in [0.15, 0.2) is 5.38 Å². The van der Waals surface area contributed by atoms with E-state index in [0.717, 1.165) is 37.4 Å². The standard InChI is InChI=1S/C19H32N4OS/c1-14(2)12-16(20)18-21-17(13-25-18)19(24)23-10-6-15(7-11-23)22-8-4-3-5-9-22/h13-16H,3-12,20H2,1-2H3. The van der Waals surface area contributed by atoms with Crippen molar-refractivity contribution in [2.75, 3.05) is 26.2 Å². The van der Waals surface area contributed by atoms with Crippen molar-refractivity contribution in [3.05, 3.63) is 16.1 Å². The van der Waals surface area contributed by atoms with Crippen LogP contribution in [0.4, 0.5) is 0 Å². The van der Waals surface area contributed by atoms with Crippen LogP contribution in [0.1, 0.15) is 73.9 Å². The smallest absolute Gasteiger partial charge is 0.273 e. The number of hydrogen-bond donors (Lipinski definition) is 1. The predicted octanol–water partition coefficient (Wildman–Crippen LogP) is 3.28. The lowest BCUT2D eigenvalue weighted by molar-refractivity contribution is 0.0585. The van der Waals surface area contributed by atoms with Crippen molar-refractivity contribution < 1.29 is 4.79 Å². The molecule has 2 aliphatic heterocycles. The Morgan fingerprint density at radius 1 is 1.24 bits per heavy atom. The summed E-state index contributed by atoms with van der Waals surface area (Å²) in [4.78, 5) is 21.9. The van der Waals surface area contributed by atoms with Gasteiger partial charge in [-0.2, -0.15) is 0 Å². The molecule has 2 aliphatic rings. The molecule has 0 saturated carbocycles. The minimum absolute atomic E-state index is 0.0589. The summed E-state index contributed by atoms with van der Waals surface area (Å²) in [7, 11) is 0. The van der Waals surface area contributed by atoms with Gasteiger partial charge >= 0.3 is 0 Å². The molecule has 3 rings (SSSR count). The van der Waals surface area contributed by atoms with Gasteiger partial charge in [0, 0.05) is 24.5 Å². The summed E-state index contributed by atoms with van der Waals surface area (Å²) in [6.07, 6.45) is 7.13. The van der Waals surface area contributed by atoms with E-state index >= 15 is 0 Å². The van der Waals surface area contributed by atoms with Gasteiger partial charge in [0.05, 0.1) is 6.04 Å². The molecule has 0 aliphatic carbocycles. The Morgan fingerprint density at radius 2 is 1.92 bits per heavy atom. The topological polar surface area (TPSA) is 62.5 Å². The first kappa shape index (κ1) is 18.8. The highest BCUT2D eigenvalue weighted by Gasteiger charge is 2.29. The van der Waals surface area contributed by atoms with E-state index in [1.165, 1.54) is 43.7 Å². The number of nitrogens with zero attached hydrogens (tertiary/aromatic N) is 3. The van der Waals surface area contributed by atoms with E-state index in [9.17, 15) is 4.79 Å². The number of thiazole rings is 1. The van der Waals surface area contributed by atoms with Crippen molar-refractivity contribution in [1.29, 1.82) is 0 Å². The van der Waals surface area contributed by atoms with Crippen molar-refractivity contribution >= 4 is 17.2 Å².